The molecule has 2 aromatic carbocycles. The molecule has 3 aromatic rings. The zero-order valence-corrected chi connectivity index (χ0v) is 18.7. The van der Waals surface area contributed by atoms with E-state index in [1.807, 2.05) is 44.2 Å². The summed E-state index contributed by atoms with van der Waals surface area (Å²) in [5, 5.41) is 1.46. The predicted octanol–water partition coefficient (Wildman–Crippen LogP) is 4.23. The number of carbonyl (C=O) groups excluding carboxylic acids is 1. The van der Waals surface area contributed by atoms with Crippen molar-refractivity contribution in [1.29, 1.82) is 0 Å². The van der Waals surface area contributed by atoms with E-state index in [1.165, 1.54) is 11.8 Å². The molecule has 0 bridgehead atoms. The fraction of sp³-hybridized carbons (Fsp3) is 0.318. The molecule has 0 spiro atoms. The lowest BCUT2D eigenvalue weighted by Crippen LogP contribution is -2.38. The Kier molecular flexibility index (Phi) is 7.53. The molecular weight excluding hydrogens is 422 g/mol. The fourth-order valence-corrected chi connectivity index (χ4v) is 4.23. The molecule has 0 saturated heterocycles. The zero-order chi connectivity index (χ0) is 21.7. The summed E-state index contributed by atoms with van der Waals surface area (Å²) in [6.45, 7) is 4.66. The van der Waals surface area contributed by atoms with Crippen LogP contribution in [0.3, 0.4) is 0 Å². The summed E-state index contributed by atoms with van der Waals surface area (Å²) in [4.78, 5) is 32.4. The number of ether oxygens (including phenoxy) is 1. The third kappa shape index (κ3) is 5.03. The van der Waals surface area contributed by atoms with Gasteiger partial charge in [-0.1, -0.05) is 41.6 Å². The van der Waals surface area contributed by atoms with E-state index < -0.39 is 0 Å². The maximum atomic E-state index is 13.0. The average molecular weight is 446 g/mol. The number of rotatable bonds is 8. The Morgan fingerprint density at radius 3 is 2.63 bits per heavy atom. The van der Waals surface area contributed by atoms with Gasteiger partial charge in [0.1, 0.15) is 0 Å². The molecule has 0 aliphatic rings. The van der Waals surface area contributed by atoms with Gasteiger partial charge in [-0.05, 0) is 44.2 Å². The lowest BCUT2D eigenvalue weighted by molar-refractivity contribution is -0.116. The molecule has 0 fully saturated rings. The molecule has 0 N–H and O–H groups in total. The topological polar surface area (TPSA) is 64.4 Å². The van der Waals surface area contributed by atoms with Gasteiger partial charge in [0, 0.05) is 23.9 Å². The highest BCUT2D eigenvalue weighted by Gasteiger charge is 2.20. The normalized spacial score (nSPS) is 11.2. The summed E-state index contributed by atoms with van der Waals surface area (Å²) in [6, 6.07) is 14.6. The van der Waals surface area contributed by atoms with Crippen LogP contribution in [0.15, 0.2) is 58.5 Å². The highest BCUT2D eigenvalue weighted by atomic mass is 35.5. The van der Waals surface area contributed by atoms with Crippen LogP contribution in [0.2, 0.25) is 5.02 Å². The number of carbonyl (C=O) groups is 1. The molecule has 0 atom stereocenters. The summed E-state index contributed by atoms with van der Waals surface area (Å²) in [7, 11) is 1.58. The van der Waals surface area contributed by atoms with E-state index >= 15 is 0 Å². The number of benzene rings is 2. The fourth-order valence-electron chi connectivity index (χ4n) is 3.18. The number of hydrogen-bond acceptors (Lipinski definition) is 5. The van der Waals surface area contributed by atoms with Gasteiger partial charge in [-0.25, -0.2) is 4.98 Å². The van der Waals surface area contributed by atoms with Crippen molar-refractivity contribution in [2.24, 2.45) is 0 Å². The first-order valence-electron chi connectivity index (χ1n) is 9.61. The molecular formula is C22H24ClN3O3S. The summed E-state index contributed by atoms with van der Waals surface area (Å²) in [6.07, 6.45) is 0. The van der Waals surface area contributed by atoms with Gasteiger partial charge in [0.15, 0.2) is 5.16 Å². The molecule has 158 valence electrons. The maximum absolute atomic E-state index is 13.0. The summed E-state index contributed by atoms with van der Waals surface area (Å²) >= 11 is 7.32. The molecule has 1 heterocycles. The van der Waals surface area contributed by atoms with E-state index in [2.05, 4.69) is 4.98 Å². The number of fused-ring (bicyclic) bond motifs is 1. The van der Waals surface area contributed by atoms with Crippen LogP contribution in [0.1, 0.15) is 13.8 Å². The Bertz CT molecular complexity index is 1090. The molecule has 8 heteroatoms. The number of para-hydroxylation sites is 1. The molecule has 30 heavy (non-hydrogen) atoms. The lowest BCUT2D eigenvalue weighted by Gasteiger charge is -2.27. The van der Waals surface area contributed by atoms with Crippen LogP contribution in [-0.2, 0) is 16.1 Å². The summed E-state index contributed by atoms with van der Waals surface area (Å²) in [5.41, 5.74) is 1.18. The molecule has 6 nitrogen and oxygen atoms in total. The second kappa shape index (κ2) is 10.1. The minimum absolute atomic E-state index is 0.000413. The minimum atomic E-state index is -0.174. The largest absolute Gasteiger partial charge is 0.383 e. The Balaban J connectivity index is 1.91. The van der Waals surface area contributed by atoms with Gasteiger partial charge in [0.25, 0.3) is 5.56 Å². The quantitative estimate of drug-likeness (QED) is 0.383. The van der Waals surface area contributed by atoms with E-state index in [0.29, 0.717) is 34.2 Å². The smallest absolute Gasteiger partial charge is 0.262 e. The highest BCUT2D eigenvalue weighted by Crippen LogP contribution is 2.23. The van der Waals surface area contributed by atoms with Crippen molar-refractivity contribution in [2.45, 2.75) is 31.6 Å². The molecule has 0 saturated carbocycles. The van der Waals surface area contributed by atoms with Crippen molar-refractivity contribution in [2.75, 3.05) is 24.4 Å². The van der Waals surface area contributed by atoms with Crippen molar-refractivity contribution in [3.8, 4) is 0 Å². The van der Waals surface area contributed by atoms with Crippen LogP contribution in [0.5, 0.6) is 0 Å². The van der Waals surface area contributed by atoms with Gasteiger partial charge >= 0.3 is 0 Å². The van der Waals surface area contributed by atoms with Gasteiger partial charge in [-0.15, -0.1) is 0 Å². The Hall–Kier alpha value is -2.35. The van der Waals surface area contributed by atoms with Crippen molar-refractivity contribution in [3.05, 3.63) is 63.9 Å². The zero-order valence-electron chi connectivity index (χ0n) is 17.2. The third-order valence-electron chi connectivity index (χ3n) is 4.55. The Morgan fingerprint density at radius 2 is 1.97 bits per heavy atom. The molecule has 1 amide bonds. The number of anilines is 1. The van der Waals surface area contributed by atoms with E-state index in [1.54, 1.807) is 34.8 Å². The van der Waals surface area contributed by atoms with Crippen molar-refractivity contribution < 1.29 is 9.53 Å². The first-order valence-corrected chi connectivity index (χ1v) is 11.0. The number of nitrogens with zero attached hydrogens (tertiary/aromatic N) is 3. The van der Waals surface area contributed by atoms with E-state index in [-0.39, 0.29) is 23.3 Å². The first-order chi connectivity index (χ1) is 14.4. The average Bonchev–Trinajstić information content (AvgIpc) is 2.72. The van der Waals surface area contributed by atoms with Crippen LogP contribution in [-0.4, -0.2) is 41.0 Å². The number of thioether (sulfide) groups is 1. The number of amides is 1. The molecule has 3 rings (SSSR count). The molecule has 0 unspecified atom stereocenters. The van der Waals surface area contributed by atoms with Crippen LogP contribution in [0.25, 0.3) is 10.9 Å². The number of hydrogen-bond donors (Lipinski definition) is 0. The highest BCUT2D eigenvalue weighted by molar-refractivity contribution is 7.99. The number of methoxy groups -OCH3 is 1. The van der Waals surface area contributed by atoms with Crippen molar-refractivity contribution >= 4 is 45.9 Å². The van der Waals surface area contributed by atoms with Crippen LogP contribution >= 0.6 is 23.4 Å². The number of aromatic nitrogens is 2. The van der Waals surface area contributed by atoms with Crippen molar-refractivity contribution in [1.82, 2.24) is 9.55 Å². The third-order valence-corrected chi connectivity index (χ3v) is 5.74. The van der Waals surface area contributed by atoms with E-state index in [0.717, 1.165) is 5.69 Å². The summed E-state index contributed by atoms with van der Waals surface area (Å²) < 4.78 is 6.70. The van der Waals surface area contributed by atoms with Crippen LogP contribution in [0.4, 0.5) is 5.69 Å². The minimum Gasteiger partial charge on any atom is -0.383 e. The SMILES string of the molecule is COCCn1c(SCC(=O)N(c2ccccc2)C(C)C)nc2cc(Cl)ccc2c1=O. The van der Waals surface area contributed by atoms with Gasteiger partial charge in [0.05, 0.1) is 29.8 Å². The van der Waals surface area contributed by atoms with Gasteiger partial charge in [-0.3, -0.25) is 14.2 Å². The standard InChI is InChI=1S/C22H24ClN3O3S/c1-15(2)26(17-7-5-4-6-8-17)20(27)14-30-22-24-19-13-16(23)9-10-18(19)21(28)25(22)11-12-29-3/h4-10,13,15H,11-12,14H2,1-3H3. The van der Waals surface area contributed by atoms with Crippen LogP contribution in [0, 0.1) is 0 Å². The van der Waals surface area contributed by atoms with E-state index in [9.17, 15) is 9.59 Å². The maximum Gasteiger partial charge on any atom is 0.262 e. The lowest BCUT2D eigenvalue weighted by atomic mass is 10.2. The molecule has 0 aliphatic heterocycles. The van der Waals surface area contributed by atoms with Crippen LogP contribution < -0.4 is 10.5 Å². The van der Waals surface area contributed by atoms with Gasteiger partial charge in [0.2, 0.25) is 5.91 Å². The van der Waals surface area contributed by atoms with E-state index in [4.69, 9.17) is 16.3 Å². The molecule has 0 radical (unpaired) electrons. The Morgan fingerprint density at radius 1 is 1.23 bits per heavy atom. The predicted molar refractivity (Wildman–Crippen MR) is 123 cm³/mol. The second-order valence-electron chi connectivity index (χ2n) is 6.99. The van der Waals surface area contributed by atoms with Crippen molar-refractivity contribution in [3.63, 3.8) is 0 Å². The number of halogens is 1. The monoisotopic (exact) mass is 445 g/mol. The first kappa shape index (κ1) is 22.3. The Labute approximate surface area is 184 Å². The second-order valence-corrected chi connectivity index (χ2v) is 8.37. The van der Waals surface area contributed by atoms with Gasteiger partial charge < -0.3 is 9.64 Å². The van der Waals surface area contributed by atoms with Gasteiger partial charge in [-0.2, -0.15) is 0 Å². The molecule has 1 aromatic heterocycles. The summed E-state index contributed by atoms with van der Waals surface area (Å²) in [5.74, 6) is 0.0957. The molecule has 0 aliphatic carbocycles.